The summed E-state index contributed by atoms with van der Waals surface area (Å²) in [5.74, 6) is 1.35. The van der Waals surface area contributed by atoms with Gasteiger partial charge < -0.3 is 14.8 Å². The molecule has 1 aliphatic carbocycles. The molecular formula is C25H23N3O3S2. The first-order valence-electron chi connectivity index (χ1n) is 10.6. The van der Waals surface area contributed by atoms with E-state index in [4.69, 9.17) is 14.5 Å². The van der Waals surface area contributed by atoms with Crippen LogP contribution in [0.1, 0.15) is 40.4 Å². The third kappa shape index (κ3) is 4.36. The number of anilines is 2. The molecule has 0 amide bonds. The molecule has 0 aliphatic heterocycles. The number of carbonyl (C=O) groups is 1. The van der Waals surface area contributed by atoms with Crippen molar-refractivity contribution in [2.75, 3.05) is 19.5 Å². The molecule has 0 bridgehead atoms. The van der Waals surface area contributed by atoms with Gasteiger partial charge in [-0.05, 0) is 66.6 Å². The second-order valence-corrected chi connectivity index (χ2v) is 9.85. The molecule has 6 nitrogen and oxygen atoms in total. The minimum atomic E-state index is -0.437. The third-order valence-electron chi connectivity index (χ3n) is 5.60. The predicted octanol–water partition coefficient (Wildman–Crippen LogP) is 6.66. The number of nitrogens with one attached hydrogen (secondary N) is 1. The fraction of sp³-hybridized carbons (Fsp3) is 0.240. The summed E-state index contributed by atoms with van der Waals surface area (Å²) in [4.78, 5) is 24.2. The number of hydrogen-bond donors (Lipinski definition) is 1. The monoisotopic (exact) mass is 477 g/mol. The van der Waals surface area contributed by atoms with Gasteiger partial charge in [-0.15, -0.1) is 11.3 Å². The molecule has 33 heavy (non-hydrogen) atoms. The molecule has 3 heterocycles. The van der Waals surface area contributed by atoms with Crippen LogP contribution in [0.2, 0.25) is 0 Å². The maximum Gasteiger partial charge on any atom is 0.341 e. The van der Waals surface area contributed by atoms with Crippen molar-refractivity contribution in [2.24, 2.45) is 0 Å². The summed E-state index contributed by atoms with van der Waals surface area (Å²) in [5, 5.41) is 5.99. The van der Waals surface area contributed by atoms with Gasteiger partial charge >= 0.3 is 5.97 Å². The molecule has 168 valence electrons. The fourth-order valence-electron chi connectivity index (χ4n) is 3.75. The Bertz CT molecular complexity index is 1310. The molecule has 1 fully saturated rings. The highest BCUT2D eigenvalue weighted by Gasteiger charge is 2.31. The van der Waals surface area contributed by atoms with Gasteiger partial charge in [0.15, 0.2) is 5.13 Å². The van der Waals surface area contributed by atoms with Crippen molar-refractivity contribution >= 4 is 39.6 Å². The second-order valence-electron chi connectivity index (χ2n) is 7.91. The molecule has 4 aromatic rings. The van der Waals surface area contributed by atoms with Gasteiger partial charge in [0.05, 0.1) is 24.8 Å². The Morgan fingerprint density at radius 3 is 2.67 bits per heavy atom. The van der Waals surface area contributed by atoms with Crippen LogP contribution in [0.25, 0.3) is 20.9 Å². The van der Waals surface area contributed by atoms with Gasteiger partial charge in [0.25, 0.3) is 0 Å². The van der Waals surface area contributed by atoms with Gasteiger partial charge in [0.2, 0.25) is 0 Å². The van der Waals surface area contributed by atoms with E-state index in [1.54, 1.807) is 36.0 Å². The number of ether oxygens (including phenoxy) is 2. The van der Waals surface area contributed by atoms with E-state index in [1.807, 2.05) is 36.6 Å². The van der Waals surface area contributed by atoms with Crippen LogP contribution in [0.4, 0.5) is 10.9 Å². The molecule has 1 N–H and O–H groups in total. The summed E-state index contributed by atoms with van der Waals surface area (Å²) in [6, 6.07) is 12.0. The van der Waals surface area contributed by atoms with Crippen molar-refractivity contribution < 1.29 is 14.3 Å². The first-order chi connectivity index (χ1) is 16.1. The van der Waals surface area contributed by atoms with Crippen molar-refractivity contribution in [1.82, 2.24) is 9.97 Å². The number of aromatic nitrogens is 2. The number of carbonyl (C=O) groups excluding carboxylic acids is 1. The largest absolute Gasteiger partial charge is 0.496 e. The Hall–Kier alpha value is -3.23. The third-order valence-corrected chi connectivity index (χ3v) is 7.55. The molecule has 1 aromatic carbocycles. The molecule has 8 heteroatoms. The SMILES string of the molecule is COC(=O)c1cc(-c2cccs2)cnc1Nc1nc(C2CC2)c(-c2ccc(OC)c(C)c2)s1. The van der Waals surface area contributed by atoms with Crippen LogP contribution in [0, 0.1) is 6.92 Å². The standard InChI is InChI=1S/C25H23N3O3S2/c1-14-11-16(8-9-19(14)30-2)22-21(15-6-7-15)27-25(33-22)28-23-18(24(29)31-3)12-17(13-26-23)20-5-4-10-32-20/h4-5,8-13,15H,6-7H2,1-3H3,(H,26,27,28). The van der Waals surface area contributed by atoms with E-state index in [0.717, 1.165) is 50.7 Å². The van der Waals surface area contributed by atoms with Gasteiger partial charge in [-0.3, -0.25) is 0 Å². The fourth-order valence-corrected chi connectivity index (χ4v) is 5.51. The highest BCUT2D eigenvalue weighted by atomic mass is 32.1. The number of nitrogens with zero attached hydrogens (tertiary/aromatic N) is 2. The lowest BCUT2D eigenvalue weighted by atomic mass is 10.1. The maximum atomic E-state index is 12.5. The van der Waals surface area contributed by atoms with E-state index in [9.17, 15) is 4.79 Å². The Labute approximate surface area is 200 Å². The molecule has 3 aromatic heterocycles. The number of methoxy groups -OCH3 is 2. The lowest BCUT2D eigenvalue weighted by Gasteiger charge is -2.09. The highest BCUT2D eigenvalue weighted by molar-refractivity contribution is 7.19. The lowest BCUT2D eigenvalue weighted by molar-refractivity contribution is 0.0601. The minimum absolute atomic E-state index is 0.383. The van der Waals surface area contributed by atoms with Gasteiger partial charge in [-0.25, -0.2) is 14.8 Å². The summed E-state index contributed by atoms with van der Waals surface area (Å²) < 4.78 is 10.4. The molecule has 0 spiro atoms. The van der Waals surface area contributed by atoms with Crippen LogP contribution in [0.5, 0.6) is 5.75 Å². The summed E-state index contributed by atoms with van der Waals surface area (Å²) in [6.45, 7) is 2.04. The van der Waals surface area contributed by atoms with E-state index in [2.05, 4.69) is 22.4 Å². The van der Waals surface area contributed by atoms with E-state index in [1.165, 1.54) is 7.11 Å². The quantitative estimate of drug-likeness (QED) is 0.300. The van der Waals surface area contributed by atoms with Crippen molar-refractivity contribution in [3.05, 3.63) is 64.8 Å². The van der Waals surface area contributed by atoms with Gasteiger partial charge in [-0.1, -0.05) is 17.4 Å². The van der Waals surface area contributed by atoms with Crippen LogP contribution in [0.15, 0.2) is 48.0 Å². The molecule has 5 rings (SSSR count). The van der Waals surface area contributed by atoms with Crippen molar-refractivity contribution in [3.63, 3.8) is 0 Å². The molecular weight excluding hydrogens is 454 g/mol. The van der Waals surface area contributed by atoms with Crippen LogP contribution in [0.3, 0.4) is 0 Å². The second kappa shape index (κ2) is 8.96. The molecule has 0 radical (unpaired) electrons. The summed E-state index contributed by atoms with van der Waals surface area (Å²) in [7, 11) is 3.06. The Morgan fingerprint density at radius 2 is 2.00 bits per heavy atom. The number of rotatable bonds is 7. The van der Waals surface area contributed by atoms with Crippen LogP contribution < -0.4 is 10.1 Å². The predicted molar refractivity (Wildman–Crippen MR) is 133 cm³/mol. The molecule has 0 saturated heterocycles. The number of thiophene rings is 1. The number of thiazole rings is 1. The van der Waals surface area contributed by atoms with E-state index >= 15 is 0 Å². The van der Waals surface area contributed by atoms with Crippen LogP contribution in [-0.2, 0) is 4.74 Å². The summed E-state index contributed by atoms with van der Waals surface area (Å²) >= 11 is 3.17. The molecule has 0 unspecified atom stereocenters. The topological polar surface area (TPSA) is 73.3 Å². The Kier molecular flexibility index (Phi) is 5.86. The van der Waals surface area contributed by atoms with Gasteiger partial charge in [0, 0.05) is 22.6 Å². The lowest BCUT2D eigenvalue weighted by Crippen LogP contribution is -2.07. The minimum Gasteiger partial charge on any atom is -0.496 e. The molecule has 1 saturated carbocycles. The number of hydrogen-bond acceptors (Lipinski definition) is 8. The average molecular weight is 478 g/mol. The summed E-state index contributed by atoms with van der Waals surface area (Å²) in [6.07, 6.45) is 4.06. The van der Waals surface area contributed by atoms with Crippen LogP contribution in [-0.4, -0.2) is 30.2 Å². The zero-order valence-electron chi connectivity index (χ0n) is 18.5. The van der Waals surface area contributed by atoms with Gasteiger partial charge in [-0.2, -0.15) is 0 Å². The van der Waals surface area contributed by atoms with Crippen LogP contribution >= 0.6 is 22.7 Å². The number of benzene rings is 1. The van der Waals surface area contributed by atoms with E-state index in [-0.39, 0.29) is 0 Å². The smallest absolute Gasteiger partial charge is 0.341 e. The molecule has 0 atom stereocenters. The maximum absolute atomic E-state index is 12.5. The first-order valence-corrected chi connectivity index (χ1v) is 12.3. The zero-order chi connectivity index (χ0) is 22.9. The van der Waals surface area contributed by atoms with Crippen molar-refractivity contribution in [1.29, 1.82) is 0 Å². The number of aryl methyl sites for hydroxylation is 1. The highest BCUT2D eigenvalue weighted by Crippen LogP contribution is 2.48. The normalized spacial score (nSPS) is 13.1. The summed E-state index contributed by atoms with van der Waals surface area (Å²) in [5.41, 5.74) is 4.56. The Balaban J connectivity index is 1.51. The first kappa shape index (κ1) is 21.6. The van der Waals surface area contributed by atoms with Crippen molar-refractivity contribution in [2.45, 2.75) is 25.7 Å². The Morgan fingerprint density at radius 1 is 1.15 bits per heavy atom. The van der Waals surface area contributed by atoms with Gasteiger partial charge in [0.1, 0.15) is 17.1 Å². The van der Waals surface area contributed by atoms with E-state index in [0.29, 0.717) is 22.4 Å². The number of pyridine rings is 1. The zero-order valence-corrected chi connectivity index (χ0v) is 20.2. The number of esters is 1. The van der Waals surface area contributed by atoms with Crippen molar-refractivity contribution in [3.8, 4) is 26.6 Å². The van der Waals surface area contributed by atoms with E-state index < -0.39 is 5.97 Å². The average Bonchev–Trinajstić information content (AvgIpc) is 3.36. The molecule has 1 aliphatic rings.